The highest BCUT2D eigenvalue weighted by atomic mass is 16.5. The van der Waals surface area contributed by atoms with E-state index in [1.54, 1.807) is 5.01 Å². The summed E-state index contributed by atoms with van der Waals surface area (Å²) in [4.78, 5) is 51.2. The van der Waals surface area contributed by atoms with Gasteiger partial charge in [-0.05, 0) is 45.9 Å². The lowest BCUT2D eigenvalue weighted by Gasteiger charge is -2.51. The summed E-state index contributed by atoms with van der Waals surface area (Å²) in [6, 6.07) is 25.5. The van der Waals surface area contributed by atoms with Crippen LogP contribution in [0.15, 0.2) is 84.9 Å². The fourth-order valence-corrected chi connectivity index (χ4v) is 6.52. The number of hydrazine groups is 2. The minimum absolute atomic E-state index is 0.0536. The van der Waals surface area contributed by atoms with Gasteiger partial charge in [-0.2, -0.15) is 5.53 Å². The number of rotatable bonds is 15. The number of hydrogen-bond donors (Lipinski definition) is 4. The minimum atomic E-state index is -1.14. The van der Waals surface area contributed by atoms with Gasteiger partial charge in [0.15, 0.2) is 0 Å². The summed E-state index contributed by atoms with van der Waals surface area (Å²) in [5, 5.41) is 20.6. The predicted molar refractivity (Wildman–Crippen MR) is 198 cm³/mol. The molecule has 0 heterocycles. The Balaban J connectivity index is 1.62. The topological polar surface area (TPSA) is 150 Å². The molecule has 5 atom stereocenters. The number of benzene rings is 3. The van der Waals surface area contributed by atoms with Gasteiger partial charge in [0.25, 0.3) is 0 Å². The van der Waals surface area contributed by atoms with Crippen molar-refractivity contribution in [2.45, 2.75) is 78.2 Å². The second-order valence-electron chi connectivity index (χ2n) is 15.0. The number of aliphatic hydroxyl groups excluding tert-OH is 1. The third-order valence-corrected chi connectivity index (χ3v) is 9.91. The van der Waals surface area contributed by atoms with Gasteiger partial charge in [-0.15, -0.1) is 0 Å². The zero-order valence-electron chi connectivity index (χ0n) is 31.2. The first-order chi connectivity index (χ1) is 24.7. The van der Waals surface area contributed by atoms with Crippen LogP contribution in [0.4, 0.5) is 9.59 Å². The maximum absolute atomic E-state index is 13.8. The Morgan fingerprint density at radius 3 is 2.04 bits per heavy atom. The molecule has 0 spiro atoms. The fraction of sp³-hybridized carbons (Fsp3) is 0.450. The second-order valence-corrected chi connectivity index (χ2v) is 15.0. The molecule has 0 unspecified atom stereocenters. The molecule has 1 aliphatic carbocycles. The van der Waals surface area contributed by atoms with Crippen molar-refractivity contribution < 1.29 is 33.8 Å². The number of aldehydes is 1. The molecule has 3 aromatic carbocycles. The number of carbonyl (C=O) groups is 4. The molecule has 0 bridgehead atoms. The summed E-state index contributed by atoms with van der Waals surface area (Å²) in [5.74, 6) is -0.665. The van der Waals surface area contributed by atoms with E-state index in [9.17, 15) is 24.3 Å². The lowest BCUT2D eigenvalue weighted by Crippen LogP contribution is -2.64. The first-order valence-electron chi connectivity index (χ1n) is 17.5. The van der Waals surface area contributed by atoms with Crippen LogP contribution in [0.3, 0.4) is 0 Å². The van der Waals surface area contributed by atoms with Gasteiger partial charge in [0.2, 0.25) is 5.91 Å². The van der Waals surface area contributed by atoms with E-state index in [1.807, 2.05) is 120 Å². The number of ether oxygens (including phenoxy) is 2. The zero-order valence-corrected chi connectivity index (χ0v) is 31.2. The van der Waals surface area contributed by atoms with Gasteiger partial charge in [0, 0.05) is 25.0 Å². The lowest BCUT2D eigenvalue weighted by molar-refractivity contribution is -0.139. The Bertz CT molecular complexity index is 1630. The maximum Gasteiger partial charge on any atom is 0.425 e. The quantitative estimate of drug-likeness (QED) is 0.124. The van der Waals surface area contributed by atoms with Crippen molar-refractivity contribution in [1.82, 2.24) is 26.2 Å². The monoisotopic (exact) mass is 715 g/mol. The Hall–Kier alpha value is -4.78. The molecule has 12 heteroatoms. The van der Waals surface area contributed by atoms with Crippen LogP contribution in [-0.4, -0.2) is 84.5 Å². The highest BCUT2D eigenvalue weighted by Gasteiger charge is 2.53. The SMILES string of the molecule is COC(=O)N[C@@H]1C[C@H](C(=O)N[C@@H](Cc2ccccc2)[C@@H](O)CN(Cc2ccc(-c3ccccc3)cc2)NN(C(=O)OC)[C@H](C=O)C(C)(C)C)C1(C)C. The molecule has 4 rings (SSSR count). The van der Waals surface area contributed by atoms with Crippen LogP contribution in [0.25, 0.3) is 11.1 Å². The van der Waals surface area contributed by atoms with E-state index in [4.69, 9.17) is 9.47 Å². The van der Waals surface area contributed by atoms with E-state index in [0.29, 0.717) is 19.1 Å². The molecule has 1 saturated carbocycles. The Morgan fingerprint density at radius 2 is 1.50 bits per heavy atom. The molecule has 4 N–H and O–H groups in total. The molecule has 280 valence electrons. The Kier molecular flexibility index (Phi) is 13.6. The number of alkyl carbamates (subject to hydrolysis) is 1. The third-order valence-electron chi connectivity index (χ3n) is 9.91. The average molecular weight is 716 g/mol. The number of methoxy groups -OCH3 is 2. The van der Waals surface area contributed by atoms with Crippen molar-refractivity contribution in [3.8, 4) is 11.1 Å². The van der Waals surface area contributed by atoms with Gasteiger partial charge < -0.3 is 30.0 Å². The van der Waals surface area contributed by atoms with Crippen LogP contribution >= 0.6 is 0 Å². The van der Waals surface area contributed by atoms with Gasteiger partial charge in [-0.3, -0.25) is 4.79 Å². The maximum atomic E-state index is 13.8. The van der Waals surface area contributed by atoms with Gasteiger partial charge in [0.1, 0.15) is 12.3 Å². The molecule has 3 aromatic rings. The highest BCUT2D eigenvalue weighted by molar-refractivity contribution is 5.82. The fourth-order valence-electron chi connectivity index (χ4n) is 6.52. The smallest absolute Gasteiger partial charge is 0.425 e. The number of nitrogens with zero attached hydrogens (tertiary/aromatic N) is 2. The van der Waals surface area contributed by atoms with Crippen LogP contribution in [-0.2, 0) is 32.0 Å². The molecule has 0 aliphatic heterocycles. The van der Waals surface area contributed by atoms with Crippen LogP contribution < -0.4 is 16.2 Å². The lowest BCUT2D eigenvalue weighted by atomic mass is 9.58. The predicted octanol–water partition coefficient (Wildman–Crippen LogP) is 5.12. The molecule has 0 saturated heterocycles. The molecular formula is C40H53N5O7. The Labute approximate surface area is 306 Å². The normalized spacial score (nSPS) is 18.2. The summed E-state index contributed by atoms with van der Waals surface area (Å²) in [6.45, 7) is 9.51. The molecule has 52 heavy (non-hydrogen) atoms. The first-order valence-corrected chi connectivity index (χ1v) is 17.5. The zero-order chi connectivity index (χ0) is 38.1. The van der Waals surface area contributed by atoms with Crippen LogP contribution in [0.5, 0.6) is 0 Å². The molecule has 0 radical (unpaired) electrons. The molecule has 1 fully saturated rings. The summed E-state index contributed by atoms with van der Waals surface area (Å²) in [7, 11) is 2.53. The van der Waals surface area contributed by atoms with Crippen molar-refractivity contribution in [2.75, 3.05) is 20.8 Å². The van der Waals surface area contributed by atoms with Crippen LogP contribution in [0.1, 0.15) is 52.2 Å². The summed E-state index contributed by atoms with van der Waals surface area (Å²) in [6.07, 6.45) is -1.04. The minimum Gasteiger partial charge on any atom is -0.453 e. The highest BCUT2D eigenvalue weighted by Crippen LogP contribution is 2.46. The van der Waals surface area contributed by atoms with Crippen molar-refractivity contribution in [1.29, 1.82) is 0 Å². The number of carbonyl (C=O) groups excluding carboxylic acids is 4. The first kappa shape index (κ1) is 40.0. The standard InChI is InChI=1S/C40H53N5O7/c1-39(2,3)35(26-46)45(38(50)52-7)43-44(24-28-18-20-30(21-19-28)29-16-12-9-13-17-29)25-33(47)32(22-27-14-10-8-11-15-27)41-36(48)31-23-34(40(31,4)5)42-37(49)51-6/h8-21,26,31-35,43,47H,22-25H2,1-7H3,(H,41,48)(H,42,49)/t31-,32+,33+,34-,35-/m1/s1. The van der Waals surface area contributed by atoms with Crippen LogP contribution in [0.2, 0.25) is 0 Å². The summed E-state index contributed by atoms with van der Waals surface area (Å²) >= 11 is 0. The van der Waals surface area contributed by atoms with E-state index < -0.39 is 47.1 Å². The van der Waals surface area contributed by atoms with Gasteiger partial charge >= 0.3 is 12.2 Å². The summed E-state index contributed by atoms with van der Waals surface area (Å²) < 4.78 is 9.84. The number of nitrogens with one attached hydrogen (secondary N) is 3. The molecule has 3 amide bonds. The van der Waals surface area contributed by atoms with E-state index >= 15 is 0 Å². The van der Waals surface area contributed by atoms with Crippen molar-refractivity contribution in [3.05, 3.63) is 96.1 Å². The van der Waals surface area contributed by atoms with E-state index in [-0.39, 0.29) is 25.0 Å². The van der Waals surface area contributed by atoms with Gasteiger partial charge in [-0.25, -0.2) is 19.6 Å². The third kappa shape index (κ3) is 10.2. The van der Waals surface area contributed by atoms with Crippen molar-refractivity contribution >= 4 is 24.4 Å². The van der Waals surface area contributed by atoms with Gasteiger partial charge in [0.05, 0.1) is 26.4 Å². The van der Waals surface area contributed by atoms with Gasteiger partial charge in [-0.1, -0.05) is 120 Å². The second kappa shape index (κ2) is 17.6. The Morgan fingerprint density at radius 1 is 0.904 bits per heavy atom. The largest absolute Gasteiger partial charge is 0.453 e. The van der Waals surface area contributed by atoms with E-state index in [1.165, 1.54) is 14.2 Å². The molecular weight excluding hydrogens is 662 g/mol. The number of amides is 3. The average Bonchev–Trinajstić information content (AvgIpc) is 3.12. The van der Waals surface area contributed by atoms with Crippen LogP contribution in [0, 0.1) is 16.7 Å². The number of aliphatic hydroxyl groups is 1. The van der Waals surface area contributed by atoms with E-state index in [2.05, 4.69) is 16.2 Å². The van der Waals surface area contributed by atoms with Crippen molar-refractivity contribution in [2.24, 2.45) is 16.7 Å². The molecule has 1 aliphatic rings. The van der Waals surface area contributed by atoms with Crippen molar-refractivity contribution in [3.63, 3.8) is 0 Å². The molecule has 0 aromatic heterocycles. The molecule has 12 nitrogen and oxygen atoms in total. The summed E-state index contributed by atoms with van der Waals surface area (Å²) in [5.41, 5.74) is 5.74. The number of hydrogen-bond acceptors (Lipinski definition) is 9. The van der Waals surface area contributed by atoms with E-state index in [0.717, 1.165) is 27.3 Å².